The van der Waals surface area contributed by atoms with Crippen LogP contribution in [0.1, 0.15) is 27.2 Å². The maximum atomic E-state index is 11.6. The first-order valence-corrected chi connectivity index (χ1v) is 6.03. The second-order valence-corrected chi connectivity index (χ2v) is 4.84. The predicted octanol–water partition coefficient (Wildman–Crippen LogP) is 3.23. The molecule has 1 unspecified atom stereocenters. The summed E-state index contributed by atoms with van der Waals surface area (Å²) in [6.45, 7) is 9.04. The molecular weight excluding hydrogens is 199 g/mol. The zero-order chi connectivity index (χ0) is 11.2. The number of hydrogen-bond acceptors (Lipinski definition) is 2. The van der Waals surface area contributed by atoms with Crippen molar-refractivity contribution in [3.63, 3.8) is 0 Å². The Bertz CT molecular complexity index is 307. The molecule has 0 aliphatic heterocycles. The van der Waals surface area contributed by atoms with E-state index in [2.05, 4.69) is 12.3 Å². The van der Waals surface area contributed by atoms with E-state index in [1.54, 1.807) is 13.0 Å². The Morgan fingerprint density at radius 3 is 2.57 bits per heavy atom. The third kappa shape index (κ3) is 4.59. The van der Waals surface area contributed by atoms with Crippen LogP contribution in [0.2, 0.25) is 0 Å². The summed E-state index contributed by atoms with van der Waals surface area (Å²) in [4.78, 5) is 9.53. The standard InChI is InChI=1S/C10H17O3P/c1-5-7-10(8-9(3)4)14(11,12)13-6-2/h5H,1,6-7H2,2-4H3,(H,11,12). The molecule has 0 saturated carbocycles. The molecule has 0 heterocycles. The predicted molar refractivity (Wildman–Crippen MR) is 58.2 cm³/mol. The van der Waals surface area contributed by atoms with Gasteiger partial charge in [-0.05, 0) is 26.3 Å². The second kappa shape index (κ2) is 6.00. The molecule has 0 fully saturated rings. The summed E-state index contributed by atoms with van der Waals surface area (Å²) in [6, 6.07) is 0. The minimum Gasteiger partial charge on any atom is -0.321 e. The molecule has 0 aliphatic rings. The fourth-order valence-electron chi connectivity index (χ4n) is 0.915. The van der Waals surface area contributed by atoms with E-state index < -0.39 is 7.60 Å². The van der Waals surface area contributed by atoms with Crippen molar-refractivity contribution in [2.24, 2.45) is 0 Å². The summed E-state index contributed by atoms with van der Waals surface area (Å²) in [6.07, 6.45) is 1.88. The van der Waals surface area contributed by atoms with Gasteiger partial charge in [0.05, 0.1) is 11.9 Å². The summed E-state index contributed by atoms with van der Waals surface area (Å²) in [5.41, 5.74) is 3.67. The van der Waals surface area contributed by atoms with E-state index in [9.17, 15) is 9.46 Å². The molecule has 0 aromatic carbocycles. The lowest BCUT2D eigenvalue weighted by molar-refractivity contribution is 0.280. The van der Waals surface area contributed by atoms with Crippen LogP contribution in [0.4, 0.5) is 0 Å². The second-order valence-electron chi connectivity index (χ2n) is 3.00. The molecule has 0 radical (unpaired) electrons. The highest BCUT2D eigenvalue weighted by atomic mass is 31.2. The Hall–Kier alpha value is -0.590. The minimum absolute atomic E-state index is 0.207. The summed E-state index contributed by atoms with van der Waals surface area (Å²) in [5.74, 6) is 0. The van der Waals surface area contributed by atoms with Crippen LogP contribution in [-0.2, 0) is 9.09 Å². The van der Waals surface area contributed by atoms with Crippen molar-refractivity contribution in [2.75, 3.05) is 6.61 Å². The molecule has 0 rings (SSSR count). The van der Waals surface area contributed by atoms with Crippen molar-refractivity contribution in [1.29, 1.82) is 0 Å². The molecule has 80 valence electrons. The Morgan fingerprint density at radius 1 is 1.64 bits per heavy atom. The lowest BCUT2D eigenvalue weighted by atomic mass is 10.3. The molecule has 3 nitrogen and oxygen atoms in total. The molecule has 0 spiro atoms. The highest BCUT2D eigenvalue weighted by molar-refractivity contribution is 7.57. The lowest BCUT2D eigenvalue weighted by Gasteiger charge is -2.11. The summed E-state index contributed by atoms with van der Waals surface area (Å²) < 4.78 is 16.4. The summed E-state index contributed by atoms with van der Waals surface area (Å²) in [5, 5.41) is 0.273. The zero-order valence-electron chi connectivity index (χ0n) is 8.91. The molecule has 14 heavy (non-hydrogen) atoms. The Kier molecular flexibility index (Phi) is 5.75. The van der Waals surface area contributed by atoms with Crippen LogP contribution in [0.15, 0.2) is 29.3 Å². The van der Waals surface area contributed by atoms with Gasteiger partial charge in [0.2, 0.25) is 0 Å². The number of allylic oxidation sites excluding steroid dienone is 2. The van der Waals surface area contributed by atoms with Gasteiger partial charge in [-0.2, -0.15) is 0 Å². The van der Waals surface area contributed by atoms with E-state index in [1.165, 1.54) is 0 Å². The van der Waals surface area contributed by atoms with Crippen LogP contribution in [-0.4, -0.2) is 11.5 Å². The van der Waals surface area contributed by atoms with Crippen LogP contribution >= 0.6 is 7.60 Å². The molecule has 0 amide bonds. The van der Waals surface area contributed by atoms with Crippen molar-refractivity contribution in [1.82, 2.24) is 0 Å². The maximum absolute atomic E-state index is 11.6. The molecule has 0 saturated heterocycles. The fourth-order valence-corrected chi connectivity index (χ4v) is 2.15. The first-order chi connectivity index (χ1) is 6.44. The average molecular weight is 216 g/mol. The molecule has 0 aliphatic carbocycles. The number of hydrogen-bond donors (Lipinski definition) is 1. The number of rotatable bonds is 5. The van der Waals surface area contributed by atoms with Crippen molar-refractivity contribution in [3.8, 4) is 0 Å². The zero-order valence-corrected chi connectivity index (χ0v) is 9.80. The van der Waals surface area contributed by atoms with Crippen LogP contribution in [0.25, 0.3) is 0 Å². The van der Waals surface area contributed by atoms with Crippen molar-refractivity contribution >= 4 is 7.60 Å². The van der Waals surface area contributed by atoms with Gasteiger partial charge in [-0.3, -0.25) is 4.57 Å². The molecule has 1 atom stereocenters. The molecule has 0 bridgehead atoms. The van der Waals surface area contributed by atoms with Gasteiger partial charge in [-0.25, -0.2) is 0 Å². The van der Waals surface area contributed by atoms with Gasteiger partial charge in [0.25, 0.3) is 0 Å². The van der Waals surface area contributed by atoms with Gasteiger partial charge in [0, 0.05) is 6.42 Å². The quantitative estimate of drug-likeness (QED) is 0.436. The van der Waals surface area contributed by atoms with Crippen LogP contribution in [0.3, 0.4) is 0 Å². The van der Waals surface area contributed by atoms with Crippen molar-refractivity contribution in [2.45, 2.75) is 27.2 Å². The first-order valence-electron chi connectivity index (χ1n) is 4.45. The minimum atomic E-state index is -3.66. The van der Waals surface area contributed by atoms with Crippen molar-refractivity contribution < 1.29 is 14.0 Å². The highest BCUT2D eigenvalue weighted by Gasteiger charge is 2.23. The van der Waals surface area contributed by atoms with Crippen LogP contribution < -0.4 is 0 Å². The van der Waals surface area contributed by atoms with Gasteiger partial charge < -0.3 is 9.42 Å². The third-order valence-electron chi connectivity index (χ3n) is 1.38. The normalized spacial score (nSPS) is 14.0. The van der Waals surface area contributed by atoms with E-state index >= 15 is 0 Å². The molecular formula is C10H17O3P. The van der Waals surface area contributed by atoms with Gasteiger partial charge in [-0.15, -0.1) is 12.3 Å². The summed E-state index contributed by atoms with van der Waals surface area (Å²) in [7, 11) is -3.66. The lowest BCUT2D eigenvalue weighted by Crippen LogP contribution is -1.91. The Labute approximate surface area is 85.3 Å². The molecule has 1 N–H and O–H groups in total. The van der Waals surface area contributed by atoms with Gasteiger partial charge in [-0.1, -0.05) is 6.08 Å². The van der Waals surface area contributed by atoms with E-state index in [1.807, 2.05) is 13.8 Å². The van der Waals surface area contributed by atoms with Crippen LogP contribution in [0.5, 0.6) is 0 Å². The maximum Gasteiger partial charge on any atom is 0.362 e. The van der Waals surface area contributed by atoms with Gasteiger partial charge in [0.1, 0.15) is 0 Å². The molecule has 4 heteroatoms. The van der Waals surface area contributed by atoms with E-state index in [0.29, 0.717) is 6.42 Å². The largest absolute Gasteiger partial charge is 0.362 e. The van der Waals surface area contributed by atoms with E-state index in [4.69, 9.17) is 4.52 Å². The van der Waals surface area contributed by atoms with Crippen LogP contribution in [0, 0.1) is 0 Å². The Balaban J connectivity index is 5.12. The van der Waals surface area contributed by atoms with Gasteiger partial charge in [0.15, 0.2) is 0 Å². The highest BCUT2D eigenvalue weighted by Crippen LogP contribution is 2.51. The van der Waals surface area contributed by atoms with Crippen molar-refractivity contribution in [3.05, 3.63) is 29.3 Å². The van der Waals surface area contributed by atoms with Gasteiger partial charge >= 0.3 is 7.60 Å². The smallest absolute Gasteiger partial charge is 0.321 e. The summed E-state index contributed by atoms with van der Waals surface area (Å²) >= 11 is 0. The third-order valence-corrected chi connectivity index (χ3v) is 2.96. The average Bonchev–Trinajstić information content (AvgIpc) is 2.02. The van der Waals surface area contributed by atoms with E-state index in [-0.39, 0.29) is 11.9 Å². The molecule has 0 aromatic rings. The Morgan fingerprint density at radius 2 is 2.21 bits per heavy atom. The monoisotopic (exact) mass is 216 g/mol. The SMILES string of the molecule is C=CCC(=C=C(C)C)P(=O)(O)OCC. The molecule has 0 aromatic heterocycles. The topological polar surface area (TPSA) is 46.5 Å². The van der Waals surface area contributed by atoms with E-state index in [0.717, 1.165) is 5.57 Å². The first kappa shape index (κ1) is 13.4. The fraction of sp³-hybridized carbons (Fsp3) is 0.500.